The second kappa shape index (κ2) is 4.61. The minimum Gasteiger partial charge on any atom is -0.330 e. The smallest absolute Gasteiger partial charge is 0.00729 e. The van der Waals surface area contributed by atoms with Crippen LogP contribution in [0.2, 0.25) is 0 Å². The van der Waals surface area contributed by atoms with Gasteiger partial charge in [0, 0.05) is 12.0 Å². The molecule has 14 heavy (non-hydrogen) atoms. The van der Waals surface area contributed by atoms with Gasteiger partial charge in [0.1, 0.15) is 0 Å². The number of benzene rings is 1. The van der Waals surface area contributed by atoms with Crippen molar-refractivity contribution in [3.8, 4) is 0 Å². The molecule has 0 amide bonds. The van der Waals surface area contributed by atoms with Gasteiger partial charge in [-0.25, -0.2) is 0 Å². The molecule has 1 nitrogen and oxygen atoms in total. The van der Waals surface area contributed by atoms with E-state index in [9.17, 15) is 0 Å². The molecule has 1 aromatic carbocycles. The zero-order valence-electron chi connectivity index (χ0n) is 9.51. The van der Waals surface area contributed by atoms with Crippen molar-refractivity contribution in [3.63, 3.8) is 0 Å². The van der Waals surface area contributed by atoms with Gasteiger partial charge >= 0.3 is 0 Å². The first-order valence-corrected chi connectivity index (χ1v) is 5.46. The third-order valence-electron chi connectivity index (χ3n) is 3.46. The van der Waals surface area contributed by atoms with Crippen LogP contribution >= 0.6 is 0 Å². The van der Waals surface area contributed by atoms with Crippen molar-refractivity contribution in [1.29, 1.82) is 0 Å². The van der Waals surface area contributed by atoms with Crippen LogP contribution in [0.15, 0.2) is 24.3 Å². The summed E-state index contributed by atoms with van der Waals surface area (Å²) >= 11 is 0. The topological polar surface area (TPSA) is 26.0 Å². The average molecular weight is 191 g/mol. The van der Waals surface area contributed by atoms with Crippen molar-refractivity contribution in [2.45, 2.75) is 39.0 Å². The lowest BCUT2D eigenvalue weighted by atomic mass is 9.74. The standard InChI is InChI=1S/C13H21N/c1-4-13(5-2,10-14)12-9-7-6-8-11(12)3/h6-9H,4-5,10,14H2,1-3H3. The quantitative estimate of drug-likeness (QED) is 0.778. The Morgan fingerprint density at radius 2 is 1.71 bits per heavy atom. The van der Waals surface area contributed by atoms with E-state index in [4.69, 9.17) is 5.73 Å². The molecular weight excluding hydrogens is 170 g/mol. The number of rotatable bonds is 4. The van der Waals surface area contributed by atoms with Gasteiger partial charge in [-0.15, -0.1) is 0 Å². The Morgan fingerprint density at radius 3 is 2.14 bits per heavy atom. The third kappa shape index (κ3) is 1.83. The summed E-state index contributed by atoms with van der Waals surface area (Å²) in [5.74, 6) is 0. The molecule has 0 heterocycles. The van der Waals surface area contributed by atoms with Gasteiger partial charge in [0.15, 0.2) is 0 Å². The highest BCUT2D eigenvalue weighted by atomic mass is 14.6. The fourth-order valence-electron chi connectivity index (χ4n) is 2.20. The van der Waals surface area contributed by atoms with Crippen molar-refractivity contribution in [1.82, 2.24) is 0 Å². The summed E-state index contributed by atoms with van der Waals surface area (Å²) in [5, 5.41) is 0. The maximum atomic E-state index is 5.93. The summed E-state index contributed by atoms with van der Waals surface area (Å²) < 4.78 is 0. The number of nitrogens with two attached hydrogens (primary N) is 1. The predicted octanol–water partition coefficient (Wildman–Crippen LogP) is 3.01. The Hall–Kier alpha value is -0.820. The molecule has 0 unspecified atom stereocenters. The van der Waals surface area contributed by atoms with Crippen LogP contribution in [0.4, 0.5) is 0 Å². The molecule has 0 aliphatic heterocycles. The van der Waals surface area contributed by atoms with E-state index in [-0.39, 0.29) is 5.41 Å². The van der Waals surface area contributed by atoms with E-state index in [1.54, 1.807) is 0 Å². The largest absolute Gasteiger partial charge is 0.330 e. The molecule has 0 radical (unpaired) electrons. The Kier molecular flexibility index (Phi) is 3.70. The summed E-state index contributed by atoms with van der Waals surface area (Å²) in [7, 11) is 0. The molecule has 0 fully saturated rings. The van der Waals surface area contributed by atoms with Crippen LogP contribution in [-0.2, 0) is 5.41 Å². The second-order valence-electron chi connectivity index (χ2n) is 4.01. The molecule has 0 aliphatic carbocycles. The first-order valence-electron chi connectivity index (χ1n) is 5.46. The van der Waals surface area contributed by atoms with Crippen LogP contribution in [0, 0.1) is 6.92 Å². The predicted molar refractivity (Wildman–Crippen MR) is 62.5 cm³/mol. The van der Waals surface area contributed by atoms with Crippen LogP contribution in [0.25, 0.3) is 0 Å². The Bertz CT molecular complexity index is 279. The van der Waals surface area contributed by atoms with Gasteiger partial charge in [-0.3, -0.25) is 0 Å². The molecule has 0 atom stereocenters. The lowest BCUT2D eigenvalue weighted by Crippen LogP contribution is -2.34. The number of hydrogen-bond acceptors (Lipinski definition) is 1. The summed E-state index contributed by atoms with van der Waals surface area (Å²) in [5.41, 5.74) is 8.90. The molecule has 0 saturated heterocycles. The van der Waals surface area contributed by atoms with Gasteiger partial charge in [-0.1, -0.05) is 38.1 Å². The summed E-state index contributed by atoms with van der Waals surface area (Å²) in [6.45, 7) is 7.36. The maximum absolute atomic E-state index is 5.93. The lowest BCUT2D eigenvalue weighted by Gasteiger charge is -2.32. The minimum atomic E-state index is 0.186. The van der Waals surface area contributed by atoms with Crippen molar-refractivity contribution >= 4 is 0 Å². The molecular formula is C13H21N. The summed E-state index contributed by atoms with van der Waals surface area (Å²) in [4.78, 5) is 0. The van der Waals surface area contributed by atoms with Crippen LogP contribution < -0.4 is 5.73 Å². The van der Waals surface area contributed by atoms with E-state index >= 15 is 0 Å². The monoisotopic (exact) mass is 191 g/mol. The van der Waals surface area contributed by atoms with Gasteiger partial charge in [0.2, 0.25) is 0 Å². The van der Waals surface area contributed by atoms with E-state index in [2.05, 4.69) is 45.0 Å². The Morgan fingerprint density at radius 1 is 1.14 bits per heavy atom. The average Bonchev–Trinajstić information content (AvgIpc) is 2.24. The summed E-state index contributed by atoms with van der Waals surface area (Å²) in [6, 6.07) is 8.59. The van der Waals surface area contributed by atoms with Gasteiger partial charge in [0.05, 0.1) is 0 Å². The minimum absolute atomic E-state index is 0.186. The number of aryl methyl sites for hydroxylation is 1. The SMILES string of the molecule is CCC(CC)(CN)c1ccccc1C. The second-order valence-corrected chi connectivity index (χ2v) is 4.01. The van der Waals surface area contributed by atoms with Gasteiger partial charge in [-0.2, -0.15) is 0 Å². The number of hydrogen-bond donors (Lipinski definition) is 1. The molecule has 78 valence electrons. The lowest BCUT2D eigenvalue weighted by molar-refractivity contribution is 0.405. The summed E-state index contributed by atoms with van der Waals surface area (Å²) in [6.07, 6.45) is 2.23. The van der Waals surface area contributed by atoms with Crippen molar-refractivity contribution in [3.05, 3.63) is 35.4 Å². The van der Waals surface area contributed by atoms with E-state index in [1.165, 1.54) is 11.1 Å². The molecule has 1 heteroatoms. The fourth-order valence-corrected chi connectivity index (χ4v) is 2.20. The molecule has 1 aromatic rings. The Balaban J connectivity index is 3.17. The van der Waals surface area contributed by atoms with Crippen molar-refractivity contribution < 1.29 is 0 Å². The zero-order valence-corrected chi connectivity index (χ0v) is 9.51. The highest BCUT2D eigenvalue weighted by molar-refractivity contribution is 5.33. The van der Waals surface area contributed by atoms with Crippen LogP contribution in [0.1, 0.15) is 37.8 Å². The van der Waals surface area contributed by atoms with E-state index in [0.29, 0.717) is 0 Å². The molecule has 0 spiro atoms. The fraction of sp³-hybridized carbons (Fsp3) is 0.538. The van der Waals surface area contributed by atoms with Gasteiger partial charge in [-0.05, 0) is 30.9 Å². The highest BCUT2D eigenvalue weighted by Crippen LogP contribution is 2.32. The van der Waals surface area contributed by atoms with E-state index < -0.39 is 0 Å². The van der Waals surface area contributed by atoms with Gasteiger partial charge in [0.25, 0.3) is 0 Å². The van der Waals surface area contributed by atoms with Crippen LogP contribution in [0.5, 0.6) is 0 Å². The van der Waals surface area contributed by atoms with E-state index in [1.807, 2.05) is 0 Å². The maximum Gasteiger partial charge on any atom is 0.00729 e. The first-order chi connectivity index (χ1) is 6.70. The van der Waals surface area contributed by atoms with Crippen LogP contribution in [0.3, 0.4) is 0 Å². The molecule has 0 aromatic heterocycles. The Labute approximate surface area is 87.3 Å². The highest BCUT2D eigenvalue weighted by Gasteiger charge is 2.27. The van der Waals surface area contributed by atoms with E-state index in [0.717, 1.165) is 19.4 Å². The van der Waals surface area contributed by atoms with Crippen LogP contribution in [-0.4, -0.2) is 6.54 Å². The third-order valence-corrected chi connectivity index (χ3v) is 3.46. The van der Waals surface area contributed by atoms with Crippen molar-refractivity contribution in [2.75, 3.05) is 6.54 Å². The normalized spacial score (nSPS) is 11.7. The van der Waals surface area contributed by atoms with Crippen molar-refractivity contribution in [2.24, 2.45) is 5.73 Å². The molecule has 1 rings (SSSR count). The molecule has 0 aliphatic rings. The van der Waals surface area contributed by atoms with Gasteiger partial charge < -0.3 is 5.73 Å². The zero-order chi connectivity index (χ0) is 10.6. The first kappa shape index (κ1) is 11.3. The molecule has 2 N–H and O–H groups in total. The molecule has 0 bridgehead atoms. The molecule has 0 saturated carbocycles.